The molecule has 0 spiro atoms. The molecule has 0 aliphatic carbocycles. The maximum absolute atomic E-state index is 5.93. The van der Waals surface area contributed by atoms with Crippen LogP contribution in [0.2, 0.25) is 0 Å². The first-order valence-electron chi connectivity index (χ1n) is 4.81. The van der Waals surface area contributed by atoms with Crippen LogP contribution >= 0.6 is 35.6 Å². The molecule has 0 aromatic carbocycles. The van der Waals surface area contributed by atoms with Gasteiger partial charge >= 0.3 is 0 Å². The molecule has 1 aliphatic heterocycles. The molecule has 0 saturated carbocycles. The molecule has 5 heteroatoms. The van der Waals surface area contributed by atoms with E-state index in [4.69, 9.17) is 11.6 Å². The van der Waals surface area contributed by atoms with E-state index in [2.05, 4.69) is 41.0 Å². The van der Waals surface area contributed by atoms with Gasteiger partial charge in [0.15, 0.2) is 0 Å². The lowest BCUT2D eigenvalue weighted by Crippen LogP contribution is -2.36. The van der Waals surface area contributed by atoms with Crippen LogP contribution in [0.5, 0.6) is 0 Å². The Hall–Kier alpha value is -0.0300. The molecule has 0 bridgehead atoms. The zero-order chi connectivity index (χ0) is 10.8. The first-order valence-corrected chi connectivity index (χ1v) is 6.67. The van der Waals surface area contributed by atoms with Crippen molar-refractivity contribution in [2.24, 2.45) is 0 Å². The smallest absolute Gasteiger partial charge is 0.147 e. The number of likely N-dealkylation sites (N-methyl/N-ethyl adjacent to an activating group) is 1. The lowest BCUT2D eigenvalue weighted by molar-refractivity contribution is 0.282. The third-order valence-corrected chi connectivity index (χ3v) is 4.12. The average molecular weight is 261 g/mol. The summed E-state index contributed by atoms with van der Waals surface area (Å²) in [6.07, 6.45) is 3.21. The van der Waals surface area contributed by atoms with Crippen LogP contribution in [0.1, 0.15) is 12.1 Å². The quantitative estimate of drug-likeness (QED) is 0.650. The van der Waals surface area contributed by atoms with Crippen molar-refractivity contribution in [2.45, 2.75) is 16.8 Å². The number of thiol groups is 1. The minimum Gasteiger partial charge on any atom is -0.298 e. The van der Waals surface area contributed by atoms with E-state index < -0.39 is 0 Å². The van der Waals surface area contributed by atoms with Crippen molar-refractivity contribution in [2.75, 3.05) is 19.5 Å². The van der Waals surface area contributed by atoms with Crippen LogP contribution < -0.4 is 0 Å². The standard InChI is InChI=1S/C10H13ClN2S2/c1-13-3-2-7(4-8(13)5-11)9-6-15-10(14)12-9/h2,6,8H,3-5H2,1H3,(H,12,14)/t8-/m1/s1. The summed E-state index contributed by atoms with van der Waals surface area (Å²) in [5.41, 5.74) is 2.36. The zero-order valence-electron chi connectivity index (χ0n) is 8.48. The summed E-state index contributed by atoms with van der Waals surface area (Å²) in [4.78, 5) is 6.65. The van der Waals surface area contributed by atoms with E-state index in [-0.39, 0.29) is 0 Å². The molecule has 1 atom stereocenters. The number of hydrogen-bond acceptors (Lipinski definition) is 4. The van der Waals surface area contributed by atoms with Gasteiger partial charge in [0.2, 0.25) is 0 Å². The summed E-state index contributed by atoms with van der Waals surface area (Å²) in [6, 6.07) is 0.428. The molecule has 2 heterocycles. The zero-order valence-corrected chi connectivity index (χ0v) is 10.9. The van der Waals surface area contributed by atoms with Crippen LogP contribution in [0.15, 0.2) is 15.8 Å². The topological polar surface area (TPSA) is 16.1 Å². The Kier molecular flexibility index (Phi) is 3.72. The normalized spacial score (nSPS) is 22.9. The second kappa shape index (κ2) is 4.87. The lowest BCUT2D eigenvalue weighted by Gasteiger charge is -2.30. The van der Waals surface area contributed by atoms with E-state index in [1.807, 2.05) is 0 Å². The second-order valence-corrected chi connectivity index (χ2v) is 5.59. The highest BCUT2D eigenvalue weighted by Crippen LogP contribution is 2.28. The molecule has 0 saturated heterocycles. The summed E-state index contributed by atoms with van der Waals surface area (Å²) in [5, 5.41) is 2.06. The molecule has 0 amide bonds. The Labute approximate surface area is 104 Å². The van der Waals surface area contributed by atoms with Gasteiger partial charge in [-0.2, -0.15) is 0 Å². The van der Waals surface area contributed by atoms with Gasteiger partial charge in [-0.15, -0.1) is 35.6 Å². The molecular weight excluding hydrogens is 248 g/mol. The highest BCUT2D eigenvalue weighted by molar-refractivity contribution is 7.82. The molecule has 0 unspecified atom stereocenters. The third-order valence-electron chi connectivity index (χ3n) is 2.70. The van der Waals surface area contributed by atoms with Gasteiger partial charge < -0.3 is 0 Å². The second-order valence-electron chi connectivity index (χ2n) is 3.70. The number of rotatable bonds is 2. The van der Waals surface area contributed by atoms with Gasteiger partial charge in [0.05, 0.1) is 5.69 Å². The fraction of sp³-hybridized carbons (Fsp3) is 0.500. The predicted octanol–water partition coefficient (Wildman–Crippen LogP) is 2.76. The molecule has 82 valence electrons. The Morgan fingerprint density at radius 3 is 3.13 bits per heavy atom. The fourth-order valence-corrected chi connectivity index (χ4v) is 2.87. The van der Waals surface area contributed by atoms with Crippen molar-refractivity contribution in [3.63, 3.8) is 0 Å². The maximum Gasteiger partial charge on any atom is 0.147 e. The number of aromatic nitrogens is 1. The highest BCUT2D eigenvalue weighted by atomic mass is 35.5. The molecular formula is C10H13ClN2S2. The average Bonchev–Trinajstić information content (AvgIpc) is 2.66. The van der Waals surface area contributed by atoms with Gasteiger partial charge in [-0.05, 0) is 19.0 Å². The summed E-state index contributed by atoms with van der Waals surface area (Å²) < 4.78 is 0.826. The first-order chi connectivity index (χ1) is 7.20. The molecule has 1 aromatic heterocycles. The Balaban J connectivity index is 2.17. The number of alkyl halides is 1. The monoisotopic (exact) mass is 260 g/mol. The van der Waals surface area contributed by atoms with E-state index in [1.54, 1.807) is 11.3 Å². The summed E-state index contributed by atoms with van der Waals surface area (Å²) in [5.74, 6) is 0.672. The van der Waals surface area contributed by atoms with E-state index >= 15 is 0 Å². The van der Waals surface area contributed by atoms with Crippen molar-refractivity contribution in [3.8, 4) is 0 Å². The van der Waals surface area contributed by atoms with Crippen LogP contribution in [0.25, 0.3) is 5.57 Å². The van der Waals surface area contributed by atoms with Crippen molar-refractivity contribution < 1.29 is 0 Å². The number of halogens is 1. The number of nitrogens with zero attached hydrogens (tertiary/aromatic N) is 2. The summed E-state index contributed by atoms with van der Waals surface area (Å²) in [7, 11) is 2.10. The molecule has 1 aliphatic rings. The highest BCUT2D eigenvalue weighted by Gasteiger charge is 2.21. The minimum atomic E-state index is 0.428. The van der Waals surface area contributed by atoms with E-state index in [9.17, 15) is 0 Å². The maximum atomic E-state index is 5.93. The Morgan fingerprint density at radius 1 is 1.73 bits per heavy atom. The number of thiazole rings is 1. The minimum absolute atomic E-state index is 0.428. The predicted molar refractivity (Wildman–Crippen MR) is 69.1 cm³/mol. The summed E-state index contributed by atoms with van der Waals surface area (Å²) >= 11 is 11.7. The molecule has 0 radical (unpaired) electrons. The van der Waals surface area contributed by atoms with Gasteiger partial charge in [-0.1, -0.05) is 6.08 Å². The van der Waals surface area contributed by atoms with E-state index in [1.165, 1.54) is 5.57 Å². The van der Waals surface area contributed by atoms with Gasteiger partial charge in [0.25, 0.3) is 0 Å². The van der Waals surface area contributed by atoms with E-state index in [0.29, 0.717) is 11.9 Å². The first kappa shape index (κ1) is 11.5. The molecule has 2 rings (SSSR count). The van der Waals surface area contributed by atoms with Crippen LogP contribution in [0, 0.1) is 0 Å². The Morgan fingerprint density at radius 2 is 2.53 bits per heavy atom. The van der Waals surface area contributed by atoms with Crippen LogP contribution in [-0.4, -0.2) is 35.4 Å². The summed E-state index contributed by atoms with van der Waals surface area (Å²) in [6.45, 7) is 0.951. The molecule has 2 nitrogen and oxygen atoms in total. The van der Waals surface area contributed by atoms with Gasteiger partial charge in [0.1, 0.15) is 4.34 Å². The van der Waals surface area contributed by atoms with Crippen molar-refractivity contribution in [3.05, 3.63) is 17.2 Å². The van der Waals surface area contributed by atoms with Gasteiger partial charge in [0, 0.05) is 23.8 Å². The SMILES string of the molecule is CN1CC=C(c2csc(S)n2)C[C@@H]1CCl. The molecule has 0 N–H and O–H groups in total. The molecule has 1 aromatic rings. The van der Waals surface area contributed by atoms with Crippen molar-refractivity contribution in [1.82, 2.24) is 9.88 Å². The van der Waals surface area contributed by atoms with Crippen molar-refractivity contribution >= 4 is 41.1 Å². The largest absolute Gasteiger partial charge is 0.298 e. The number of hydrogen-bond donors (Lipinski definition) is 1. The van der Waals surface area contributed by atoms with Crippen LogP contribution in [0.4, 0.5) is 0 Å². The Bertz CT molecular complexity index is 375. The van der Waals surface area contributed by atoms with Gasteiger partial charge in [-0.25, -0.2) is 4.98 Å². The lowest BCUT2D eigenvalue weighted by atomic mass is 10.00. The molecule has 15 heavy (non-hydrogen) atoms. The van der Waals surface area contributed by atoms with Crippen molar-refractivity contribution in [1.29, 1.82) is 0 Å². The fourth-order valence-electron chi connectivity index (χ4n) is 1.69. The molecule has 0 fully saturated rings. The van der Waals surface area contributed by atoms with Crippen LogP contribution in [0.3, 0.4) is 0 Å². The van der Waals surface area contributed by atoms with Gasteiger partial charge in [-0.3, -0.25) is 4.90 Å². The third kappa shape index (κ3) is 2.56. The van der Waals surface area contributed by atoms with Crippen LogP contribution in [-0.2, 0) is 0 Å². The van der Waals surface area contributed by atoms with E-state index in [0.717, 1.165) is 23.0 Å².